The smallest absolute Gasteiger partial charge is 0.229 e. The fraction of sp³-hybridized carbons (Fsp3) is 0.533. The Hall–Kier alpha value is -1.35. The summed E-state index contributed by atoms with van der Waals surface area (Å²) < 4.78 is 0. The van der Waals surface area contributed by atoms with Crippen LogP contribution in [0.2, 0.25) is 0 Å². The summed E-state index contributed by atoms with van der Waals surface area (Å²) in [5, 5.41) is 0. The highest BCUT2D eigenvalue weighted by molar-refractivity contribution is 5.83. The van der Waals surface area contributed by atoms with E-state index in [1.54, 1.807) is 0 Å². The summed E-state index contributed by atoms with van der Waals surface area (Å²) in [6.45, 7) is 3.52. The summed E-state index contributed by atoms with van der Waals surface area (Å²) in [6, 6.07) is 9.92. The number of nitrogens with two attached hydrogens (primary N) is 1. The van der Waals surface area contributed by atoms with Gasteiger partial charge in [0, 0.05) is 13.6 Å². The Morgan fingerprint density at radius 3 is 2.50 bits per heavy atom. The average Bonchev–Trinajstić information content (AvgIpc) is 2.42. The summed E-state index contributed by atoms with van der Waals surface area (Å²) in [5.41, 5.74) is 6.53. The largest absolute Gasteiger partial charge is 0.345 e. The zero-order valence-electron chi connectivity index (χ0n) is 11.4. The highest BCUT2D eigenvalue weighted by Crippen LogP contribution is 2.17. The van der Waals surface area contributed by atoms with Crippen LogP contribution in [0.25, 0.3) is 0 Å². The molecular formula is C15H24N2O. The van der Waals surface area contributed by atoms with E-state index >= 15 is 0 Å². The first-order valence-electron chi connectivity index (χ1n) is 6.66. The number of carbonyl (C=O) groups is 1. The molecule has 0 saturated carbocycles. The number of amides is 1. The molecule has 0 aliphatic carbocycles. The van der Waals surface area contributed by atoms with Crippen molar-refractivity contribution in [2.75, 3.05) is 20.1 Å². The van der Waals surface area contributed by atoms with Gasteiger partial charge in [0.05, 0.1) is 5.92 Å². The maximum Gasteiger partial charge on any atom is 0.229 e. The lowest BCUT2D eigenvalue weighted by Gasteiger charge is -2.21. The van der Waals surface area contributed by atoms with Crippen molar-refractivity contribution in [1.29, 1.82) is 0 Å². The van der Waals surface area contributed by atoms with Crippen molar-refractivity contribution >= 4 is 5.91 Å². The monoisotopic (exact) mass is 248 g/mol. The molecule has 100 valence electrons. The molecule has 3 heteroatoms. The first kappa shape index (κ1) is 14.7. The Bertz CT molecular complexity index is 351. The van der Waals surface area contributed by atoms with E-state index in [2.05, 4.69) is 0 Å². The second kappa shape index (κ2) is 7.88. The van der Waals surface area contributed by atoms with Gasteiger partial charge in [0.2, 0.25) is 5.91 Å². The summed E-state index contributed by atoms with van der Waals surface area (Å²) in [5.74, 6) is 0.125. The van der Waals surface area contributed by atoms with Crippen LogP contribution in [0.3, 0.4) is 0 Å². The van der Waals surface area contributed by atoms with Crippen molar-refractivity contribution in [2.24, 2.45) is 5.73 Å². The predicted octanol–water partition coefficient (Wildman–Crippen LogP) is 2.38. The summed E-state index contributed by atoms with van der Waals surface area (Å²) in [4.78, 5) is 14.0. The average molecular weight is 248 g/mol. The van der Waals surface area contributed by atoms with Gasteiger partial charge in [-0.25, -0.2) is 0 Å². The second-order valence-electron chi connectivity index (χ2n) is 4.74. The van der Waals surface area contributed by atoms with Gasteiger partial charge in [-0.2, -0.15) is 0 Å². The van der Waals surface area contributed by atoms with Crippen LogP contribution < -0.4 is 5.73 Å². The molecule has 0 heterocycles. The molecule has 1 amide bonds. The third kappa shape index (κ3) is 4.49. The molecule has 0 radical (unpaired) electrons. The quantitative estimate of drug-likeness (QED) is 0.753. The molecule has 1 unspecified atom stereocenters. The van der Waals surface area contributed by atoms with Crippen LogP contribution in [0.1, 0.15) is 37.7 Å². The zero-order valence-corrected chi connectivity index (χ0v) is 11.4. The number of likely N-dealkylation sites (N-methyl/N-ethyl adjacent to an activating group) is 1. The van der Waals surface area contributed by atoms with Gasteiger partial charge >= 0.3 is 0 Å². The van der Waals surface area contributed by atoms with Gasteiger partial charge in [0.25, 0.3) is 0 Å². The van der Waals surface area contributed by atoms with Gasteiger partial charge in [-0.05, 0) is 31.9 Å². The lowest BCUT2D eigenvalue weighted by molar-refractivity contribution is -0.131. The minimum absolute atomic E-state index is 0.0642. The number of nitrogens with zero attached hydrogens (tertiary/aromatic N) is 1. The van der Waals surface area contributed by atoms with E-state index in [9.17, 15) is 4.79 Å². The van der Waals surface area contributed by atoms with Gasteiger partial charge in [-0.15, -0.1) is 0 Å². The molecule has 1 aromatic rings. The third-order valence-electron chi connectivity index (χ3n) is 3.24. The van der Waals surface area contributed by atoms with Crippen molar-refractivity contribution in [3.05, 3.63) is 35.9 Å². The molecule has 3 nitrogen and oxygen atoms in total. The number of rotatable bonds is 7. The van der Waals surface area contributed by atoms with Crippen LogP contribution in [-0.4, -0.2) is 30.9 Å². The molecule has 0 saturated heterocycles. The van der Waals surface area contributed by atoms with Crippen molar-refractivity contribution in [3.8, 4) is 0 Å². The Morgan fingerprint density at radius 1 is 1.22 bits per heavy atom. The number of unbranched alkanes of at least 4 members (excludes halogenated alkanes) is 2. The SMILES string of the molecule is CC(C(=O)N(C)CCCCCN)c1ccccc1. The first-order chi connectivity index (χ1) is 8.66. The first-order valence-corrected chi connectivity index (χ1v) is 6.66. The lowest BCUT2D eigenvalue weighted by Crippen LogP contribution is -2.31. The fourth-order valence-electron chi connectivity index (χ4n) is 2.00. The maximum absolute atomic E-state index is 12.2. The molecule has 2 N–H and O–H groups in total. The topological polar surface area (TPSA) is 46.3 Å². The Morgan fingerprint density at radius 2 is 1.89 bits per heavy atom. The summed E-state index contributed by atoms with van der Waals surface area (Å²) in [7, 11) is 1.88. The second-order valence-corrected chi connectivity index (χ2v) is 4.74. The van der Waals surface area contributed by atoms with Gasteiger partial charge in [-0.1, -0.05) is 36.8 Å². The zero-order chi connectivity index (χ0) is 13.4. The maximum atomic E-state index is 12.2. The molecule has 0 aliphatic heterocycles. The Kier molecular flexibility index (Phi) is 6.44. The van der Waals surface area contributed by atoms with Crippen LogP contribution in [0.5, 0.6) is 0 Å². The minimum atomic E-state index is -0.0642. The highest BCUT2D eigenvalue weighted by Gasteiger charge is 2.18. The van der Waals surface area contributed by atoms with E-state index in [4.69, 9.17) is 5.73 Å². The fourth-order valence-corrected chi connectivity index (χ4v) is 2.00. The normalized spacial score (nSPS) is 12.2. The standard InChI is InChI=1S/C15H24N2O/c1-13(14-9-5-3-6-10-14)15(18)17(2)12-8-4-7-11-16/h3,5-6,9-10,13H,4,7-8,11-12,16H2,1-2H3. The molecule has 0 fully saturated rings. The number of carbonyl (C=O) groups excluding carboxylic acids is 1. The molecule has 1 aromatic carbocycles. The van der Waals surface area contributed by atoms with Crippen LogP contribution in [-0.2, 0) is 4.79 Å². The number of hydrogen-bond donors (Lipinski definition) is 1. The summed E-state index contributed by atoms with van der Waals surface area (Å²) in [6.07, 6.45) is 3.16. The van der Waals surface area contributed by atoms with Crippen molar-refractivity contribution in [3.63, 3.8) is 0 Å². The van der Waals surface area contributed by atoms with E-state index in [0.717, 1.165) is 37.9 Å². The molecule has 1 atom stereocenters. The lowest BCUT2D eigenvalue weighted by atomic mass is 10.00. The van der Waals surface area contributed by atoms with Crippen molar-refractivity contribution in [1.82, 2.24) is 4.90 Å². The molecule has 0 spiro atoms. The van der Waals surface area contributed by atoms with Crippen LogP contribution in [0.15, 0.2) is 30.3 Å². The molecule has 0 aliphatic rings. The molecular weight excluding hydrogens is 224 g/mol. The van der Waals surface area contributed by atoms with Crippen molar-refractivity contribution in [2.45, 2.75) is 32.1 Å². The van der Waals surface area contributed by atoms with Gasteiger partial charge in [-0.3, -0.25) is 4.79 Å². The van der Waals surface area contributed by atoms with Gasteiger partial charge in [0.15, 0.2) is 0 Å². The molecule has 18 heavy (non-hydrogen) atoms. The molecule has 0 aromatic heterocycles. The van der Waals surface area contributed by atoms with E-state index < -0.39 is 0 Å². The van der Waals surface area contributed by atoms with E-state index in [0.29, 0.717) is 0 Å². The molecule has 1 rings (SSSR count). The van der Waals surface area contributed by atoms with Crippen molar-refractivity contribution < 1.29 is 4.79 Å². The van der Waals surface area contributed by atoms with Crippen LogP contribution in [0, 0.1) is 0 Å². The van der Waals surface area contributed by atoms with E-state index in [1.165, 1.54) is 0 Å². The van der Waals surface area contributed by atoms with Gasteiger partial charge < -0.3 is 10.6 Å². The Balaban J connectivity index is 2.43. The number of hydrogen-bond acceptors (Lipinski definition) is 2. The van der Waals surface area contributed by atoms with Crippen LogP contribution in [0.4, 0.5) is 0 Å². The van der Waals surface area contributed by atoms with E-state index in [1.807, 2.05) is 49.2 Å². The third-order valence-corrected chi connectivity index (χ3v) is 3.24. The molecule has 0 bridgehead atoms. The highest BCUT2D eigenvalue weighted by atomic mass is 16.2. The number of benzene rings is 1. The van der Waals surface area contributed by atoms with Crippen LogP contribution >= 0.6 is 0 Å². The van der Waals surface area contributed by atoms with Gasteiger partial charge in [0.1, 0.15) is 0 Å². The Labute approximate surface area is 110 Å². The van der Waals surface area contributed by atoms with E-state index in [-0.39, 0.29) is 11.8 Å². The predicted molar refractivity (Wildman–Crippen MR) is 75.4 cm³/mol. The minimum Gasteiger partial charge on any atom is -0.345 e. The summed E-state index contributed by atoms with van der Waals surface area (Å²) >= 11 is 0.